The first-order chi connectivity index (χ1) is 9.26. The molecule has 2 rings (SSSR count). The predicted octanol–water partition coefficient (Wildman–Crippen LogP) is 3.08. The molecule has 2 aromatic heterocycles. The summed E-state index contributed by atoms with van der Waals surface area (Å²) in [4.78, 5) is 8.96. The van der Waals surface area contributed by atoms with Crippen molar-refractivity contribution in [2.45, 2.75) is 53.6 Å². The summed E-state index contributed by atoms with van der Waals surface area (Å²) in [5, 5.41) is 3.51. The highest BCUT2D eigenvalue weighted by Gasteiger charge is 2.11. The van der Waals surface area contributed by atoms with E-state index in [0.717, 1.165) is 29.4 Å². The van der Waals surface area contributed by atoms with Gasteiger partial charge in [-0.15, -0.1) is 0 Å². The lowest BCUT2D eigenvalue weighted by Crippen LogP contribution is -2.35. The van der Waals surface area contributed by atoms with Crippen LogP contribution in [0, 0.1) is 20.8 Å². The third-order valence-electron chi connectivity index (χ3n) is 3.32. The molecule has 0 radical (unpaired) electrons. The average Bonchev–Trinajstić information content (AvgIpc) is 2.66. The number of pyridine rings is 1. The molecule has 0 saturated heterocycles. The van der Waals surface area contributed by atoms with Gasteiger partial charge in [-0.05, 0) is 59.2 Å². The van der Waals surface area contributed by atoms with Gasteiger partial charge in [-0.3, -0.25) is 4.57 Å². The molecule has 0 aromatic carbocycles. The smallest absolute Gasteiger partial charge is 0.138 e. The molecular weight excluding hydrogens is 248 g/mol. The van der Waals surface area contributed by atoms with E-state index in [0.29, 0.717) is 0 Å². The van der Waals surface area contributed by atoms with Crippen LogP contribution in [0.5, 0.6) is 0 Å². The number of nitrogens with one attached hydrogen (secondary N) is 1. The van der Waals surface area contributed by atoms with Crippen LogP contribution in [0.2, 0.25) is 0 Å². The highest BCUT2D eigenvalue weighted by molar-refractivity contribution is 5.33. The summed E-state index contributed by atoms with van der Waals surface area (Å²) in [6, 6.07) is 4.25. The van der Waals surface area contributed by atoms with E-state index in [1.165, 1.54) is 5.56 Å². The highest BCUT2D eigenvalue weighted by atomic mass is 15.1. The molecule has 0 aliphatic rings. The minimum atomic E-state index is 0.110. The lowest BCUT2D eigenvalue weighted by molar-refractivity contribution is 0.424. The zero-order chi connectivity index (χ0) is 14.9. The van der Waals surface area contributed by atoms with Crippen molar-refractivity contribution in [1.82, 2.24) is 19.9 Å². The number of nitrogens with zero attached hydrogens (tertiary/aromatic N) is 3. The van der Waals surface area contributed by atoms with Gasteiger partial charge in [-0.1, -0.05) is 0 Å². The topological polar surface area (TPSA) is 42.7 Å². The predicted molar refractivity (Wildman–Crippen MR) is 82.2 cm³/mol. The van der Waals surface area contributed by atoms with Gasteiger partial charge in [0.05, 0.1) is 5.69 Å². The molecule has 0 fully saturated rings. The van der Waals surface area contributed by atoms with Crippen molar-refractivity contribution >= 4 is 0 Å². The zero-order valence-electron chi connectivity index (χ0n) is 13.3. The van der Waals surface area contributed by atoms with Crippen LogP contribution in [0.4, 0.5) is 0 Å². The molecule has 0 amide bonds. The number of hydrogen-bond acceptors (Lipinski definition) is 3. The van der Waals surface area contributed by atoms with Crippen molar-refractivity contribution in [3.63, 3.8) is 0 Å². The minimum absolute atomic E-state index is 0.110. The second kappa shape index (κ2) is 5.37. The molecule has 0 unspecified atom stereocenters. The van der Waals surface area contributed by atoms with Gasteiger partial charge in [0.15, 0.2) is 0 Å². The Hall–Kier alpha value is -1.68. The lowest BCUT2D eigenvalue weighted by Gasteiger charge is -2.21. The molecule has 1 N–H and O–H groups in total. The van der Waals surface area contributed by atoms with E-state index >= 15 is 0 Å². The van der Waals surface area contributed by atoms with E-state index in [1.54, 1.807) is 0 Å². The number of rotatable bonds is 3. The van der Waals surface area contributed by atoms with Crippen LogP contribution in [-0.2, 0) is 6.54 Å². The number of aromatic nitrogens is 3. The van der Waals surface area contributed by atoms with Gasteiger partial charge < -0.3 is 5.32 Å². The van der Waals surface area contributed by atoms with Crippen LogP contribution < -0.4 is 5.32 Å². The van der Waals surface area contributed by atoms with Gasteiger partial charge in [-0.2, -0.15) is 0 Å². The van der Waals surface area contributed by atoms with Crippen LogP contribution in [0.25, 0.3) is 5.82 Å². The van der Waals surface area contributed by atoms with Gasteiger partial charge in [0.25, 0.3) is 0 Å². The third-order valence-corrected chi connectivity index (χ3v) is 3.32. The fraction of sp³-hybridized carbons (Fsp3) is 0.500. The Morgan fingerprint density at radius 2 is 1.85 bits per heavy atom. The number of aryl methyl sites for hydroxylation is 2. The van der Waals surface area contributed by atoms with Crippen molar-refractivity contribution in [2.75, 3.05) is 0 Å². The van der Waals surface area contributed by atoms with Crippen LogP contribution in [0.3, 0.4) is 0 Å². The fourth-order valence-corrected chi connectivity index (χ4v) is 2.04. The maximum Gasteiger partial charge on any atom is 0.138 e. The maximum absolute atomic E-state index is 4.62. The first kappa shape index (κ1) is 14.7. The summed E-state index contributed by atoms with van der Waals surface area (Å²) in [7, 11) is 0. The first-order valence-corrected chi connectivity index (χ1v) is 7.00. The molecule has 0 bridgehead atoms. The van der Waals surface area contributed by atoms with E-state index in [4.69, 9.17) is 0 Å². The Morgan fingerprint density at radius 1 is 1.15 bits per heavy atom. The Labute approximate surface area is 121 Å². The Balaban J connectivity index is 2.32. The number of imidazole rings is 1. The summed E-state index contributed by atoms with van der Waals surface area (Å²) < 4.78 is 2.04. The molecule has 0 spiro atoms. The summed E-state index contributed by atoms with van der Waals surface area (Å²) in [5.74, 6) is 0.939. The van der Waals surface area contributed by atoms with Gasteiger partial charge in [0.2, 0.25) is 0 Å². The molecule has 20 heavy (non-hydrogen) atoms. The van der Waals surface area contributed by atoms with Crippen molar-refractivity contribution < 1.29 is 0 Å². The van der Waals surface area contributed by atoms with Gasteiger partial charge in [0.1, 0.15) is 12.1 Å². The van der Waals surface area contributed by atoms with Crippen molar-refractivity contribution in [1.29, 1.82) is 0 Å². The third kappa shape index (κ3) is 3.45. The van der Waals surface area contributed by atoms with Gasteiger partial charge >= 0.3 is 0 Å². The van der Waals surface area contributed by atoms with Crippen molar-refractivity contribution in [3.05, 3.63) is 41.1 Å². The minimum Gasteiger partial charge on any atom is -0.308 e. The Bertz CT molecular complexity index is 605. The van der Waals surface area contributed by atoms with Crippen molar-refractivity contribution in [2.24, 2.45) is 0 Å². The molecule has 0 aliphatic carbocycles. The molecule has 2 heterocycles. The van der Waals surface area contributed by atoms with Crippen LogP contribution >= 0.6 is 0 Å². The first-order valence-electron chi connectivity index (χ1n) is 7.00. The zero-order valence-corrected chi connectivity index (χ0v) is 13.3. The SMILES string of the molecule is Cc1cc(CNC(C)(C)C)cc(-n2cnc(C)c2C)n1. The molecule has 0 aliphatic heterocycles. The van der Waals surface area contributed by atoms with Crippen molar-refractivity contribution in [3.8, 4) is 5.82 Å². The molecule has 4 nitrogen and oxygen atoms in total. The van der Waals surface area contributed by atoms with Gasteiger partial charge in [-0.25, -0.2) is 9.97 Å². The highest BCUT2D eigenvalue weighted by Crippen LogP contribution is 2.15. The Morgan fingerprint density at radius 3 is 2.40 bits per heavy atom. The number of hydrogen-bond donors (Lipinski definition) is 1. The van der Waals surface area contributed by atoms with E-state index < -0.39 is 0 Å². The Kier molecular flexibility index (Phi) is 3.95. The standard InChI is InChI=1S/C16H24N4/c1-11-7-14(9-18-16(4,5)6)8-15(19-11)20-10-17-12(2)13(20)3/h7-8,10,18H,9H2,1-6H3. The van der Waals surface area contributed by atoms with E-state index in [9.17, 15) is 0 Å². The van der Waals surface area contributed by atoms with E-state index in [1.807, 2.05) is 24.7 Å². The largest absolute Gasteiger partial charge is 0.308 e. The average molecular weight is 272 g/mol. The normalized spacial score (nSPS) is 11.9. The van der Waals surface area contributed by atoms with Gasteiger partial charge in [0, 0.05) is 23.5 Å². The molecular formula is C16H24N4. The molecule has 108 valence electrons. The summed E-state index contributed by atoms with van der Waals surface area (Å²) in [5.41, 5.74) is 4.56. The second-order valence-electron chi connectivity index (χ2n) is 6.36. The maximum atomic E-state index is 4.62. The summed E-state index contributed by atoms with van der Waals surface area (Å²) in [6.45, 7) is 13.5. The summed E-state index contributed by atoms with van der Waals surface area (Å²) >= 11 is 0. The molecule has 0 atom stereocenters. The van der Waals surface area contributed by atoms with Crippen LogP contribution in [0.1, 0.15) is 43.4 Å². The monoisotopic (exact) mass is 272 g/mol. The molecule has 2 aromatic rings. The quantitative estimate of drug-likeness (QED) is 0.933. The fourth-order valence-electron chi connectivity index (χ4n) is 2.04. The molecule has 4 heteroatoms. The summed E-state index contributed by atoms with van der Waals surface area (Å²) in [6.07, 6.45) is 1.84. The van der Waals surface area contributed by atoms with E-state index in [2.05, 4.69) is 55.1 Å². The lowest BCUT2D eigenvalue weighted by atomic mass is 10.1. The second-order valence-corrected chi connectivity index (χ2v) is 6.36. The van der Waals surface area contributed by atoms with Crippen LogP contribution in [-0.4, -0.2) is 20.1 Å². The van der Waals surface area contributed by atoms with Crippen LogP contribution in [0.15, 0.2) is 18.5 Å². The van der Waals surface area contributed by atoms with E-state index in [-0.39, 0.29) is 5.54 Å². The molecule has 0 saturated carbocycles.